The van der Waals surface area contributed by atoms with Crippen LogP contribution in [-0.4, -0.2) is 36.3 Å². The Morgan fingerprint density at radius 2 is 1.42 bits per heavy atom. The molecule has 2 rings (SSSR count). The molecule has 0 spiro atoms. The zero-order chi connectivity index (χ0) is 24.2. The summed E-state index contributed by atoms with van der Waals surface area (Å²) >= 11 is 0. The maximum atomic E-state index is 13.1. The van der Waals surface area contributed by atoms with Crippen LogP contribution in [0.15, 0.2) is 60.7 Å². The molecule has 6 nitrogen and oxygen atoms in total. The molecule has 0 bridgehead atoms. The molecule has 2 N–H and O–H groups in total. The zero-order valence-corrected chi connectivity index (χ0v) is 18.8. The van der Waals surface area contributed by atoms with E-state index in [2.05, 4.69) is 10.6 Å². The number of ketones is 1. The van der Waals surface area contributed by atoms with Gasteiger partial charge < -0.3 is 15.4 Å². The molecular formula is C25H30F2N2O4. The summed E-state index contributed by atoms with van der Waals surface area (Å²) < 4.78 is 31.5. The van der Waals surface area contributed by atoms with Crippen LogP contribution < -0.4 is 10.6 Å². The predicted octanol–water partition coefficient (Wildman–Crippen LogP) is 4.28. The number of alkyl halides is 2. The van der Waals surface area contributed by atoms with Crippen molar-refractivity contribution in [1.82, 2.24) is 10.6 Å². The molecule has 0 saturated carbocycles. The lowest BCUT2D eigenvalue weighted by molar-refractivity contribution is -0.135. The number of ether oxygens (including phenoxy) is 1. The number of benzene rings is 2. The third kappa shape index (κ3) is 9.39. The molecule has 0 radical (unpaired) electrons. The van der Waals surface area contributed by atoms with E-state index in [-0.39, 0.29) is 25.4 Å². The number of rotatable bonds is 12. The standard InChI is InChI=1S/C25H30F2N2O4/c1-17(2)15-21(29-25(32)33-16-19-11-7-4-8-12-19)24(31)28-20(22(30)23(26)27)14-13-18-9-5-3-6-10-18/h3-12,17,20-21,23H,13-16H2,1-2H3,(H,28,31)(H,29,32)/t20?,21-/m0/s1. The van der Waals surface area contributed by atoms with Gasteiger partial charge in [-0.05, 0) is 36.3 Å². The van der Waals surface area contributed by atoms with Gasteiger partial charge in [0.15, 0.2) is 0 Å². The molecule has 33 heavy (non-hydrogen) atoms. The highest BCUT2D eigenvalue weighted by Crippen LogP contribution is 2.12. The Morgan fingerprint density at radius 3 is 1.97 bits per heavy atom. The van der Waals surface area contributed by atoms with E-state index in [1.54, 1.807) is 24.3 Å². The average molecular weight is 461 g/mol. The molecule has 0 aromatic heterocycles. The lowest BCUT2D eigenvalue weighted by Crippen LogP contribution is -2.53. The van der Waals surface area contributed by atoms with Gasteiger partial charge in [0.05, 0.1) is 6.04 Å². The summed E-state index contributed by atoms with van der Waals surface area (Å²) in [6.07, 6.45) is -3.41. The number of alkyl carbamates (subject to hydrolysis) is 1. The number of carbonyl (C=O) groups is 3. The Kier molecular flexibility index (Phi) is 10.5. The molecule has 0 heterocycles. The van der Waals surface area contributed by atoms with Crippen LogP contribution in [0.2, 0.25) is 0 Å². The second-order valence-corrected chi connectivity index (χ2v) is 8.18. The average Bonchev–Trinajstić information content (AvgIpc) is 2.80. The van der Waals surface area contributed by atoms with Gasteiger partial charge >= 0.3 is 6.09 Å². The lowest BCUT2D eigenvalue weighted by atomic mass is 10.00. The highest BCUT2D eigenvalue weighted by molar-refractivity contribution is 5.93. The Balaban J connectivity index is 2.02. The normalized spacial score (nSPS) is 12.8. The summed E-state index contributed by atoms with van der Waals surface area (Å²) in [6.45, 7) is 3.73. The van der Waals surface area contributed by atoms with Gasteiger partial charge in [-0.15, -0.1) is 0 Å². The molecular weight excluding hydrogens is 430 g/mol. The van der Waals surface area contributed by atoms with Crippen LogP contribution in [-0.2, 0) is 27.4 Å². The van der Waals surface area contributed by atoms with Crippen LogP contribution in [0.4, 0.5) is 13.6 Å². The van der Waals surface area contributed by atoms with Crippen molar-refractivity contribution >= 4 is 17.8 Å². The molecule has 1 unspecified atom stereocenters. The van der Waals surface area contributed by atoms with Crippen molar-refractivity contribution in [2.24, 2.45) is 5.92 Å². The van der Waals surface area contributed by atoms with Crippen LogP contribution in [0, 0.1) is 5.92 Å². The van der Waals surface area contributed by atoms with E-state index < -0.39 is 36.3 Å². The Hall–Kier alpha value is -3.29. The minimum absolute atomic E-state index is 0.0174. The number of hydrogen-bond acceptors (Lipinski definition) is 4. The number of carbonyl (C=O) groups excluding carboxylic acids is 3. The van der Waals surface area contributed by atoms with E-state index in [9.17, 15) is 23.2 Å². The molecule has 178 valence electrons. The molecule has 8 heteroatoms. The van der Waals surface area contributed by atoms with Gasteiger partial charge in [-0.3, -0.25) is 9.59 Å². The summed E-state index contributed by atoms with van der Waals surface area (Å²) in [7, 11) is 0. The van der Waals surface area contributed by atoms with Gasteiger partial charge in [-0.1, -0.05) is 74.5 Å². The van der Waals surface area contributed by atoms with Crippen molar-refractivity contribution in [3.63, 3.8) is 0 Å². The Labute approximate surface area is 192 Å². The highest BCUT2D eigenvalue weighted by atomic mass is 19.3. The molecule has 2 atom stereocenters. The number of aryl methyl sites for hydroxylation is 1. The molecule has 2 aromatic rings. The first-order valence-electron chi connectivity index (χ1n) is 10.9. The fraction of sp³-hybridized carbons (Fsp3) is 0.400. The first-order chi connectivity index (χ1) is 15.8. The molecule has 2 aromatic carbocycles. The van der Waals surface area contributed by atoms with Crippen molar-refractivity contribution in [2.45, 2.75) is 58.2 Å². The van der Waals surface area contributed by atoms with E-state index in [4.69, 9.17) is 4.74 Å². The minimum Gasteiger partial charge on any atom is -0.445 e. The van der Waals surface area contributed by atoms with Crippen LogP contribution in [0.3, 0.4) is 0 Å². The maximum absolute atomic E-state index is 13.1. The third-order valence-corrected chi connectivity index (χ3v) is 4.97. The van der Waals surface area contributed by atoms with Crippen molar-refractivity contribution < 1.29 is 27.9 Å². The summed E-state index contributed by atoms with van der Waals surface area (Å²) in [5.41, 5.74) is 1.64. The number of amides is 2. The molecule has 0 saturated heterocycles. The monoisotopic (exact) mass is 460 g/mol. The van der Waals surface area contributed by atoms with Gasteiger partial charge in [-0.25, -0.2) is 13.6 Å². The van der Waals surface area contributed by atoms with E-state index in [0.717, 1.165) is 11.1 Å². The van der Waals surface area contributed by atoms with Crippen LogP contribution in [0.25, 0.3) is 0 Å². The van der Waals surface area contributed by atoms with Crippen LogP contribution >= 0.6 is 0 Å². The summed E-state index contributed by atoms with van der Waals surface area (Å²) in [5.74, 6) is -2.04. The van der Waals surface area contributed by atoms with Crippen molar-refractivity contribution in [3.05, 3.63) is 71.8 Å². The topological polar surface area (TPSA) is 84.5 Å². The first kappa shape index (κ1) is 26.0. The zero-order valence-electron chi connectivity index (χ0n) is 18.8. The predicted molar refractivity (Wildman–Crippen MR) is 121 cm³/mol. The van der Waals surface area contributed by atoms with Gasteiger partial charge in [0.25, 0.3) is 6.43 Å². The Bertz CT molecular complexity index is 892. The summed E-state index contributed by atoms with van der Waals surface area (Å²) in [4.78, 5) is 37.2. The SMILES string of the molecule is CC(C)C[C@H](NC(=O)OCc1ccccc1)C(=O)NC(CCc1ccccc1)C(=O)C(F)F. The van der Waals surface area contributed by atoms with E-state index >= 15 is 0 Å². The number of Topliss-reactive ketones (excluding diaryl/α,β-unsaturated/α-hetero) is 1. The van der Waals surface area contributed by atoms with E-state index in [1.807, 2.05) is 50.2 Å². The number of halogens is 2. The fourth-order valence-electron chi connectivity index (χ4n) is 3.28. The van der Waals surface area contributed by atoms with Gasteiger partial charge in [0.2, 0.25) is 11.7 Å². The number of hydrogen-bond donors (Lipinski definition) is 2. The molecule has 0 aliphatic heterocycles. The molecule has 0 aliphatic carbocycles. The smallest absolute Gasteiger partial charge is 0.408 e. The van der Waals surface area contributed by atoms with Crippen molar-refractivity contribution in [2.75, 3.05) is 0 Å². The molecule has 0 aliphatic rings. The highest BCUT2D eigenvalue weighted by Gasteiger charge is 2.31. The Morgan fingerprint density at radius 1 is 0.848 bits per heavy atom. The van der Waals surface area contributed by atoms with Crippen LogP contribution in [0.5, 0.6) is 0 Å². The second kappa shape index (κ2) is 13.3. The fourth-order valence-corrected chi connectivity index (χ4v) is 3.28. The van der Waals surface area contributed by atoms with E-state index in [0.29, 0.717) is 6.42 Å². The third-order valence-electron chi connectivity index (χ3n) is 4.97. The lowest BCUT2D eigenvalue weighted by Gasteiger charge is -2.23. The van der Waals surface area contributed by atoms with Gasteiger partial charge in [0, 0.05) is 0 Å². The maximum Gasteiger partial charge on any atom is 0.408 e. The quantitative estimate of drug-likeness (QED) is 0.495. The van der Waals surface area contributed by atoms with Gasteiger partial charge in [0.1, 0.15) is 12.6 Å². The van der Waals surface area contributed by atoms with E-state index in [1.165, 1.54) is 0 Å². The number of nitrogens with one attached hydrogen (secondary N) is 2. The minimum atomic E-state index is -3.21. The first-order valence-corrected chi connectivity index (χ1v) is 10.9. The molecule has 2 amide bonds. The second-order valence-electron chi connectivity index (χ2n) is 8.18. The van der Waals surface area contributed by atoms with Crippen molar-refractivity contribution in [1.29, 1.82) is 0 Å². The van der Waals surface area contributed by atoms with Crippen LogP contribution in [0.1, 0.15) is 37.8 Å². The molecule has 0 fully saturated rings. The largest absolute Gasteiger partial charge is 0.445 e. The van der Waals surface area contributed by atoms with Gasteiger partial charge in [-0.2, -0.15) is 0 Å². The summed E-state index contributed by atoms with van der Waals surface area (Å²) in [5, 5.41) is 4.91. The summed E-state index contributed by atoms with van der Waals surface area (Å²) in [6, 6.07) is 15.7. The van der Waals surface area contributed by atoms with Crippen molar-refractivity contribution in [3.8, 4) is 0 Å².